The van der Waals surface area contributed by atoms with Crippen molar-refractivity contribution in [1.82, 2.24) is 4.73 Å². The van der Waals surface area contributed by atoms with Crippen LogP contribution in [0.25, 0.3) is 10.4 Å². The number of aromatic nitrogens is 1. The Bertz CT molecular complexity index is 1030. The Labute approximate surface area is 136 Å². The van der Waals surface area contributed by atoms with E-state index < -0.39 is 16.2 Å². The minimum atomic E-state index is -4.31. The van der Waals surface area contributed by atoms with Gasteiger partial charge in [-0.1, -0.05) is 24.3 Å². The van der Waals surface area contributed by atoms with Gasteiger partial charge in [0.1, 0.15) is 4.91 Å². The summed E-state index contributed by atoms with van der Waals surface area (Å²) < 4.78 is 30.9. The molecule has 0 aliphatic heterocycles. The highest BCUT2D eigenvalue weighted by atomic mass is 32.2. The van der Waals surface area contributed by atoms with Gasteiger partial charge in [0.25, 0.3) is 0 Å². The van der Waals surface area contributed by atoms with Crippen LogP contribution >= 0.6 is 0 Å². The average molecular weight is 345 g/mol. The maximum Gasteiger partial charge on any atom is 0.358 e. The Balaban J connectivity index is 2.10. The molecule has 3 rings (SSSR count). The monoisotopic (exact) mass is 345 g/mol. The molecule has 2 aromatic rings. The van der Waals surface area contributed by atoms with Crippen LogP contribution in [-0.4, -0.2) is 28.8 Å². The molecule has 122 valence electrons. The zero-order chi connectivity index (χ0) is 17.3. The fourth-order valence-corrected chi connectivity index (χ4v) is 3.43. The molecule has 0 bridgehead atoms. The first-order valence-corrected chi connectivity index (χ1v) is 8.17. The summed E-state index contributed by atoms with van der Waals surface area (Å²) in [6, 6.07) is 8.54. The summed E-state index contributed by atoms with van der Waals surface area (Å²) in [4.78, 5) is 13.7. The second-order valence-corrected chi connectivity index (χ2v) is 6.44. The van der Waals surface area contributed by atoms with Crippen molar-refractivity contribution in [3.05, 3.63) is 81.7 Å². The van der Waals surface area contributed by atoms with E-state index in [1.807, 2.05) is 0 Å². The van der Waals surface area contributed by atoms with Crippen LogP contribution in [0.1, 0.15) is 17.2 Å². The molecule has 8 nitrogen and oxygen atoms in total. The third kappa shape index (κ3) is 2.79. The summed E-state index contributed by atoms with van der Waals surface area (Å²) in [6.45, 7) is 0. The Morgan fingerprint density at radius 3 is 2.50 bits per heavy atom. The van der Waals surface area contributed by atoms with Gasteiger partial charge in [0, 0.05) is 41.7 Å². The standard InChI is InChI=1S/C15H11N3O5S/c16-17-13-9-14(11-3-1-2-4-12(11)15(13)20)24(21,22)23-18-7-5-10(19)6-8-18/h1-9,15,20H. The summed E-state index contributed by atoms with van der Waals surface area (Å²) in [5.41, 5.74) is 8.98. The normalized spacial score (nSPS) is 16.8. The molecule has 0 amide bonds. The van der Waals surface area contributed by atoms with Crippen LogP contribution in [0.4, 0.5) is 0 Å². The van der Waals surface area contributed by atoms with Crippen LogP contribution in [0.5, 0.6) is 0 Å². The number of fused-ring (bicyclic) bond motifs is 1. The van der Waals surface area contributed by atoms with Gasteiger partial charge in [-0.2, -0.15) is 17.9 Å². The van der Waals surface area contributed by atoms with Crippen molar-refractivity contribution in [2.45, 2.75) is 6.10 Å². The van der Waals surface area contributed by atoms with Crippen molar-refractivity contribution in [3.63, 3.8) is 0 Å². The maximum absolute atomic E-state index is 12.6. The lowest BCUT2D eigenvalue weighted by Gasteiger charge is -2.19. The molecule has 1 aromatic carbocycles. The number of hydrogen-bond donors (Lipinski definition) is 1. The van der Waals surface area contributed by atoms with E-state index >= 15 is 0 Å². The quantitative estimate of drug-likeness (QED) is 0.636. The molecular formula is C15H11N3O5S. The highest BCUT2D eigenvalue weighted by molar-refractivity contribution is 7.96. The van der Waals surface area contributed by atoms with Crippen molar-refractivity contribution < 1.29 is 22.6 Å². The summed E-state index contributed by atoms with van der Waals surface area (Å²) in [7, 11) is -4.31. The van der Waals surface area contributed by atoms with E-state index in [0.29, 0.717) is 0 Å². The number of nitrogens with zero attached hydrogens (tertiary/aromatic N) is 3. The first-order chi connectivity index (χ1) is 11.4. The van der Waals surface area contributed by atoms with Crippen LogP contribution in [0.15, 0.2) is 59.7 Å². The first kappa shape index (κ1) is 15.9. The number of aliphatic hydroxyl groups is 1. The fourth-order valence-electron chi connectivity index (χ4n) is 2.30. The van der Waals surface area contributed by atoms with Crippen molar-refractivity contribution in [3.8, 4) is 0 Å². The number of hydrogen-bond acceptors (Lipinski definition) is 5. The molecule has 9 heteroatoms. The zero-order valence-corrected chi connectivity index (χ0v) is 12.9. The fraction of sp³-hybridized carbons (Fsp3) is 0.0667. The Hall–Kier alpha value is -3.00. The molecule has 0 saturated carbocycles. The summed E-state index contributed by atoms with van der Waals surface area (Å²) >= 11 is 0. The van der Waals surface area contributed by atoms with Crippen LogP contribution in [-0.2, 0) is 10.1 Å². The second kappa shape index (κ2) is 5.89. The number of rotatable bonds is 3. The molecule has 1 aromatic heterocycles. The lowest BCUT2D eigenvalue weighted by atomic mass is 9.93. The van der Waals surface area contributed by atoms with Crippen molar-refractivity contribution in [1.29, 1.82) is 0 Å². The molecule has 24 heavy (non-hydrogen) atoms. The molecule has 1 aliphatic carbocycles. The van der Waals surface area contributed by atoms with E-state index in [2.05, 4.69) is 4.79 Å². The van der Waals surface area contributed by atoms with E-state index in [4.69, 9.17) is 9.81 Å². The van der Waals surface area contributed by atoms with Gasteiger partial charge in [0.2, 0.25) is 0 Å². The van der Waals surface area contributed by atoms with Crippen molar-refractivity contribution in [2.24, 2.45) is 0 Å². The summed E-state index contributed by atoms with van der Waals surface area (Å²) in [6.07, 6.45) is 2.10. The predicted octanol–water partition coefficient (Wildman–Crippen LogP) is 0.366. The smallest absolute Gasteiger partial charge is 0.358 e. The molecule has 1 unspecified atom stereocenters. The summed E-state index contributed by atoms with van der Waals surface area (Å²) in [5, 5.41) is 10.1. The number of aliphatic hydroxyl groups excluding tert-OH is 1. The van der Waals surface area contributed by atoms with Crippen LogP contribution in [0, 0.1) is 0 Å². The largest absolute Gasteiger partial charge is 0.376 e. The minimum absolute atomic E-state index is 0.226. The number of benzene rings is 1. The number of pyridine rings is 1. The van der Waals surface area contributed by atoms with Gasteiger partial charge in [-0.3, -0.25) is 9.08 Å². The van der Waals surface area contributed by atoms with Gasteiger partial charge >= 0.3 is 15.8 Å². The first-order valence-electron chi connectivity index (χ1n) is 6.77. The van der Waals surface area contributed by atoms with E-state index in [9.17, 15) is 18.3 Å². The highest BCUT2D eigenvalue weighted by Crippen LogP contribution is 2.33. The van der Waals surface area contributed by atoms with Crippen LogP contribution in [0.2, 0.25) is 0 Å². The Morgan fingerprint density at radius 1 is 1.17 bits per heavy atom. The summed E-state index contributed by atoms with van der Waals surface area (Å²) in [5.74, 6) is 0. The van der Waals surface area contributed by atoms with Crippen molar-refractivity contribution in [2.75, 3.05) is 0 Å². The van der Waals surface area contributed by atoms with E-state index in [1.165, 1.54) is 12.1 Å². The molecule has 1 atom stereocenters. The molecule has 1 N–H and O–H groups in total. The lowest BCUT2D eigenvalue weighted by Crippen LogP contribution is -2.26. The third-order valence-electron chi connectivity index (χ3n) is 3.42. The van der Waals surface area contributed by atoms with Crippen LogP contribution in [0.3, 0.4) is 0 Å². The van der Waals surface area contributed by atoms with E-state index in [1.54, 1.807) is 12.1 Å². The van der Waals surface area contributed by atoms with Gasteiger partial charge < -0.3 is 10.6 Å². The highest BCUT2D eigenvalue weighted by Gasteiger charge is 2.36. The molecule has 1 heterocycles. The SMILES string of the molecule is [N-]=[N+]=C1C=C(S(=O)(=O)On2ccc(=O)cc2)c2ccccc2C1O. The van der Waals surface area contributed by atoms with Gasteiger partial charge in [-0.05, 0) is 0 Å². The van der Waals surface area contributed by atoms with Gasteiger partial charge in [-0.25, -0.2) is 0 Å². The third-order valence-corrected chi connectivity index (χ3v) is 4.67. The van der Waals surface area contributed by atoms with Gasteiger partial charge in [0.15, 0.2) is 11.5 Å². The van der Waals surface area contributed by atoms with Crippen molar-refractivity contribution >= 4 is 20.7 Å². The maximum atomic E-state index is 12.6. The molecule has 0 saturated heterocycles. The van der Waals surface area contributed by atoms with Gasteiger partial charge in [0.05, 0.1) is 0 Å². The molecule has 0 radical (unpaired) electrons. The predicted molar refractivity (Wildman–Crippen MR) is 84.2 cm³/mol. The van der Waals surface area contributed by atoms with Gasteiger partial charge in [-0.15, -0.1) is 0 Å². The molecule has 1 aliphatic rings. The zero-order valence-electron chi connectivity index (χ0n) is 12.1. The molecule has 0 spiro atoms. The topological polar surface area (TPSA) is 122 Å². The van der Waals surface area contributed by atoms with E-state index in [-0.39, 0.29) is 27.2 Å². The minimum Gasteiger partial charge on any atom is -0.376 e. The van der Waals surface area contributed by atoms with E-state index in [0.717, 1.165) is 35.3 Å². The second-order valence-electron chi connectivity index (χ2n) is 4.95. The molecule has 0 fully saturated rings. The Kier molecular flexibility index (Phi) is 3.90. The van der Waals surface area contributed by atoms with Crippen LogP contribution < -0.4 is 9.71 Å². The molecular weight excluding hydrogens is 334 g/mol. The average Bonchev–Trinajstić information content (AvgIpc) is 2.57. The lowest BCUT2D eigenvalue weighted by molar-refractivity contribution is -0.0188. The Morgan fingerprint density at radius 2 is 1.83 bits per heavy atom.